The van der Waals surface area contributed by atoms with Crippen LogP contribution < -0.4 is 5.32 Å². The van der Waals surface area contributed by atoms with E-state index in [1.165, 1.54) is 7.11 Å². The lowest BCUT2D eigenvalue weighted by molar-refractivity contribution is -0.147. The molecule has 2 rings (SSSR count). The SMILES string of the molecule is COC(=O)[C@H](Cc1c[nH]cn1)N1CCNCC1. The molecule has 0 amide bonds. The summed E-state index contributed by atoms with van der Waals surface area (Å²) in [5.74, 6) is -0.185. The Labute approximate surface area is 100 Å². The van der Waals surface area contributed by atoms with Gasteiger partial charge in [-0.3, -0.25) is 9.69 Å². The fourth-order valence-electron chi connectivity index (χ4n) is 2.09. The molecule has 1 aliphatic heterocycles. The summed E-state index contributed by atoms with van der Waals surface area (Å²) in [7, 11) is 1.43. The maximum absolute atomic E-state index is 11.8. The highest BCUT2D eigenvalue weighted by Crippen LogP contribution is 2.09. The van der Waals surface area contributed by atoms with E-state index in [0.29, 0.717) is 6.42 Å². The summed E-state index contributed by atoms with van der Waals surface area (Å²) in [6, 6.07) is -0.231. The third-order valence-corrected chi connectivity index (χ3v) is 3.02. The molecule has 1 atom stereocenters. The van der Waals surface area contributed by atoms with Gasteiger partial charge in [-0.2, -0.15) is 0 Å². The Morgan fingerprint density at radius 3 is 2.94 bits per heavy atom. The molecule has 0 aromatic carbocycles. The largest absolute Gasteiger partial charge is 0.468 e. The molecule has 6 nitrogen and oxygen atoms in total. The number of H-pyrrole nitrogens is 1. The molecule has 0 bridgehead atoms. The first-order valence-corrected chi connectivity index (χ1v) is 5.81. The molecule has 0 radical (unpaired) electrons. The van der Waals surface area contributed by atoms with Gasteiger partial charge in [0.25, 0.3) is 0 Å². The maximum Gasteiger partial charge on any atom is 0.323 e. The van der Waals surface area contributed by atoms with Gasteiger partial charge in [0.1, 0.15) is 6.04 Å². The molecule has 6 heteroatoms. The van der Waals surface area contributed by atoms with Gasteiger partial charge < -0.3 is 15.0 Å². The normalized spacial score (nSPS) is 18.9. The molecule has 1 fully saturated rings. The van der Waals surface area contributed by atoms with E-state index in [1.54, 1.807) is 6.33 Å². The number of carbonyl (C=O) groups excluding carboxylic acids is 1. The summed E-state index contributed by atoms with van der Waals surface area (Å²) < 4.78 is 4.88. The van der Waals surface area contributed by atoms with E-state index in [-0.39, 0.29) is 12.0 Å². The van der Waals surface area contributed by atoms with Crippen molar-refractivity contribution in [3.8, 4) is 0 Å². The van der Waals surface area contributed by atoms with Crippen LogP contribution in [0.2, 0.25) is 0 Å². The summed E-state index contributed by atoms with van der Waals surface area (Å²) in [5.41, 5.74) is 0.888. The van der Waals surface area contributed by atoms with Crippen LogP contribution in [0.1, 0.15) is 5.69 Å². The predicted octanol–water partition coefficient (Wildman–Crippen LogP) is -0.601. The van der Waals surface area contributed by atoms with E-state index >= 15 is 0 Å². The zero-order chi connectivity index (χ0) is 12.1. The standard InChI is InChI=1S/C11H18N4O2/c1-17-11(16)10(6-9-7-13-8-14-9)15-4-2-12-3-5-15/h7-8,10,12H,2-6H2,1H3,(H,13,14)/t10-/m0/s1. The van der Waals surface area contributed by atoms with Crippen LogP contribution in [-0.4, -0.2) is 60.2 Å². The fourth-order valence-corrected chi connectivity index (χ4v) is 2.09. The number of aromatic nitrogens is 2. The average Bonchev–Trinajstić information content (AvgIpc) is 2.89. The van der Waals surface area contributed by atoms with Crippen LogP contribution in [0.25, 0.3) is 0 Å². The number of rotatable bonds is 4. The molecule has 2 N–H and O–H groups in total. The van der Waals surface area contributed by atoms with Crippen LogP contribution in [0.5, 0.6) is 0 Å². The number of nitrogens with one attached hydrogen (secondary N) is 2. The Hall–Kier alpha value is -1.40. The molecule has 1 aromatic heterocycles. The molecular formula is C11H18N4O2. The van der Waals surface area contributed by atoms with Crippen LogP contribution >= 0.6 is 0 Å². The quantitative estimate of drug-likeness (QED) is 0.685. The number of carbonyl (C=O) groups is 1. The number of methoxy groups -OCH3 is 1. The molecule has 2 heterocycles. The smallest absolute Gasteiger partial charge is 0.323 e. The van der Waals surface area contributed by atoms with Crippen molar-refractivity contribution in [2.24, 2.45) is 0 Å². The second-order valence-electron chi connectivity index (χ2n) is 4.09. The van der Waals surface area contributed by atoms with Crippen molar-refractivity contribution >= 4 is 5.97 Å². The molecule has 1 aliphatic rings. The number of hydrogen-bond acceptors (Lipinski definition) is 5. The first kappa shape index (κ1) is 12.1. The van der Waals surface area contributed by atoms with Crippen molar-refractivity contribution in [1.29, 1.82) is 0 Å². The van der Waals surface area contributed by atoms with Crippen molar-refractivity contribution in [2.45, 2.75) is 12.5 Å². The van der Waals surface area contributed by atoms with Gasteiger partial charge >= 0.3 is 5.97 Å². The van der Waals surface area contributed by atoms with Crippen molar-refractivity contribution in [3.05, 3.63) is 18.2 Å². The topological polar surface area (TPSA) is 70.2 Å². The molecular weight excluding hydrogens is 220 g/mol. The molecule has 0 spiro atoms. The monoisotopic (exact) mass is 238 g/mol. The van der Waals surface area contributed by atoms with Gasteiger partial charge in [-0.05, 0) is 0 Å². The summed E-state index contributed by atoms with van der Waals surface area (Å²) >= 11 is 0. The average molecular weight is 238 g/mol. The minimum atomic E-state index is -0.231. The van der Waals surface area contributed by atoms with E-state index in [0.717, 1.165) is 31.9 Å². The molecule has 1 aromatic rings. The Kier molecular flexibility index (Phi) is 4.11. The molecule has 0 saturated carbocycles. The highest BCUT2D eigenvalue weighted by molar-refractivity contribution is 5.76. The van der Waals surface area contributed by atoms with E-state index < -0.39 is 0 Å². The Morgan fingerprint density at radius 2 is 2.35 bits per heavy atom. The summed E-state index contributed by atoms with van der Waals surface area (Å²) in [4.78, 5) is 21.0. The number of hydrogen-bond donors (Lipinski definition) is 2. The predicted molar refractivity (Wildman–Crippen MR) is 62.5 cm³/mol. The number of piperazine rings is 1. The zero-order valence-corrected chi connectivity index (χ0v) is 9.98. The molecule has 1 saturated heterocycles. The first-order chi connectivity index (χ1) is 8.31. The number of esters is 1. The van der Waals surface area contributed by atoms with Crippen molar-refractivity contribution in [1.82, 2.24) is 20.2 Å². The first-order valence-electron chi connectivity index (χ1n) is 5.81. The third kappa shape index (κ3) is 3.04. The van der Waals surface area contributed by atoms with E-state index in [4.69, 9.17) is 4.74 Å². The fraction of sp³-hybridized carbons (Fsp3) is 0.636. The van der Waals surface area contributed by atoms with Crippen LogP contribution in [-0.2, 0) is 16.0 Å². The van der Waals surface area contributed by atoms with Crippen molar-refractivity contribution in [3.63, 3.8) is 0 Å². The van der Waals surface area contributed by atoms with Crippen molar-refractivity contribution < 1.29 is 9.53 Å². The van der Waals surface area contributed by atoms with E-state index in [1.807, 2.05) is 6.20 Å². The number of nitrogens with zero attached hydrogens (tertiary/aromatic N) is 2. The Bertz CT molecular complexity index is 346. The van der Waals surface area contributed by atoms with Gasteiger partial charge in [0.2, 0.25) is 0 Å². The van der Waals surface area contributed by atoms with Crippen LogP contribution in [0, 0.1) is 0 Å². The van der Waals surface area contributed by atoms with Crippen LogP contribution in [0.15, 0.2) is 12.5 Å². The minimum absolute atomic E-state index is 0.185. The van der Waals surface area contributed by atoms with Gasteiger partial charge in [-0.15, -0.1) is 0 Å². The molecule has 17 heavy (non-hydrogen) atoms. The highest BCUT2D eigenvalue weighted by atomic mass is 16.5. The second-order valence-corrected chi connectivity index (χ2v) is 4.09. The number of imidazole rings is 1. The zero-order valence-electron chi connectivity index (χ0n) is 9.98. The third-order valence-electron chi connectivity index (χ3n) is 3.02. The lowest BCUT2D eigenvalue weighted by Crippen LogP contribution is -2.52. The number of aromatic amines is 1. The van der Waals surface area contributed by atoms with Crippen molar-refractivity contribution in [2.75, 3.05) is 33.3 Å². The van der Waals surface area contributed by atoms with Gasteiger partial charge in [0.05, 0.1) is 19.1 Å². The lowest BCUT2D eigenvalue weighted by atomic mass is 10.1. The molecule has 94 valence electrons. The van der Waals surface area contributed by atoms with Crippen LogP contribution in [0.4, 0.5) is 0 Å². The maximum atomic E-state index is 11.8. The molecule has 0 aliphatic carbocycles. The number of ether oxygens (including phenoxy) is 1. The summed E-state index contributed by atoms with van der Waals surface area (Å²) in [6.07, 6.45) is 4.04. The lowest BCUT2D eigenvalue weighted by Gasteiger charge is -2.32. The van der Waals surface area contributed by atoms with E-state index in [2.05, 4.69) is 20.2 Å². The second kappa shape index (κ2) is 5.79. The summed E-state index contributed by atoms with van der Waals surface area (Å²) in [5, 5.41) is 3.27. The van der Waals surface area contributed by atoms with E-state index in [9.17, 15) is 4.79 Å². The van der Waals surface area contributed by atoms with Gasteiger partial charge in [0, 0.05) is 38.8 Å². The Balaban J connectivity index is 2.04. The van der Waals surface area contributed by atoms with Crippen LogP contribution in [0.3, 0.4) is 0 Å². The van der Waals surface area contributed by atoms with Gasteiger partial charge in [-0.1, -0.05) is 0 Å². The summed E-state index contributed by atoms with van der Waals surface area (Å²) in [6.45, 7) is 3.55. The van der Waals surface area contributed by atoms with Gasteiger partial charge in [0.15, 0.2) is 0 Å². The highest BCUT2D eigenvalue weighted by Gasteiger charge is 2.28. The molecule has 0 unspecified atom stereocenters. The minimum Gasteiger partial charge on any atom is -0.468 e. The Morgan fingerprint density at radius 1 is 1.59 bits per heavy atom. The van der Waals surface area contributed by atoms with Gasteiger partial charge in [-0.25, -0.2) is 4.98 Å².